The van der Waals surface area contributed by atoms with Gasteiger partial charge in [-0.3, -0.25) is 20.2 Å². The van der Waals surface area contributed by atoms with Crippen LogP contribution in [0.4, 0.5) is 10.3 Å². The fourth-order valence-corrected chi connectivity index (χ4v) is 5.28. The summed E-state index contributed by atoms with van der Waals surface area (Å²) in [4.78, 5) is 24.6. The zero-order chi connectivity index (χ0) is 19.9. The average Bonchev–Trinajstić information content (AvgIpc) is 3.32. The van der Waals surface area contributed by atoms with Gasteiger partial charge in [0, 0.05) is 11.1 Å². The van der Waals surface area contributed by atoms with Crippen molar-refractivity contribution in [3.63, 3.8) is 0 Å². The Morgan fingerprint density at radius 2 is 1.18 bits per heavy atom. The number of rotatable bonds is 8. The second kappa shape index (κ2) is 9.96. The number of anilines is 2. The minimum atomic E-state index is -0.304. The van der Waals surface area contributed by atoms with Crippen LogP contribution in [0.15, 0.2) is 32.9 Å². The Balaban J connectivity index is 1.59. The van der Waals surface area contributed by atoms with Crippen LogP contribution in [-0.2, 0) is 0 Å². The van der Waals surface area contributed by atoms with E-state index in [0.717, 1.165) is 20.2 Å². The number of amides is 2. The van der Waals surface area contributed by atoms with E-state index >= 15 is 0 Å². The third kappa shape index (κ3) is 5.50. The molecule has 0 aliphatic carbocycles. The standard InChI is InChI=1S/C16H16N6O2S4/c1-3-25-15-21-19-13(27-15)17-11(23)9-5-7-10(8-6-9)12(24)18-14-20-22-16(28-14)26-4-2/h5-8H,3-4H2,1-2H3,(H,17,19,23)(H,18,20,24). The van der Waals surface area contributed by atoms with Gasteiger partial charge in [0.2, 0.25) is 10.3 Å². The molecule has 0 fully saturated rings. The van der Waals surface area contributed by atoms with E-state index < -0.39 is 0 Å². The minimum Gasteiger partial charge on any atom is -0.296 e. The Hall–Kier alpha value is -2.02. The van der Waals surface area contributed by atoms with Gasteiger partial charge in [0.1, 0.15) is 0 Å². The third-order valence-electron chi connectivity index (χ3n) is 3.20. The molecular formula is C16H16N6O2S4. The summed E-state index contributed by atoms with van der Waals surface area (Å²) in [5.41, 5.74) is 0.850. The number of nitrogens with one attached hydrogen (secondary N) is 2. The molecule has 146 valence electrons. The highest BCUT2D eigenvalue weighted by Crippen LogP contribution is 2.26. The zero-order valence-corrected chi connectivity index (χ0v) is 18.2. The number of thioether (sulfide) groups is 2. The Morgan fingerprint density at radius 3 is 1.54 bits per heavy atom. The summed E-state index contributed by atoms with van der Waals surface area (Å²) in [6.45, 7) is 4.05. The van der Waals surface area contributed by atoms with Crippen molar-refractivity contribution in [2.75, 3.05) is 22.1 Å². The minimum absolute atomic E-state index is 0.304. The lowest BCUT2D eigenvalue weighted by atomic mass is 10.1. The number of hydrogen-bond acceptors (Lipinski definition) is 10. The van der Waals surface area contributed by atoms with Crippen LogP contribution in [0.2, 0.25) is 0 Å². The van der Waals surface area contributed by atoms with Crippen LogP contribution in [0, 0.1) is 0 Å². The molecule has 3 rings (SSSR count). The summed E-state index contributed by atoms with van der Waals surface area (Å²) in [6.07, 6.45) is 0. The number of carbonyl (C=O) groups excluding carboxylic acids is 2. The lowest BCUT2D eigenvalue weighted by Crippen LogP contribution is -2.14. The first kappa shape index (κ1) is 20.7. The van der Waals surface area contributed by atoms with E-state index in [1.54, 1.807) is 47.8 Å². The van der Waals surface area contributed by atoms with E-state index in [0.29, 0.717) is 21.4 Å². The van der Waals surface area contributed by atoms with Crippen LogP contribution in [0.3, 0.4) is 0 Å². The summed E-state index contributed by atoms with van der Waals surface area (Å²) < 4.78 is 1.61. The average molecular weight is 453 g/mol. The van der Waals surface area contributed by atoms with Gasteiger partial charge in [-0.2, -0.15) is 0 Å². The Labute approximate surface area is 178 Å². The van der Waals surface area contributed by atoms with Crippen molar-refractivity contribution >= 4 is 68.3 Å². The van der Waals surface area contributed by atoms with E-state index in [9.17, 15) is 9.59 Å². The van der Waals surface area contributed by atoms with Gasteiger partial charge in [-0.15, -0.1) is 20.4 Å². The zero-order valence-electron chi connectivity index (χ0n) is 15.0. The van der Waals surface area contributed by atoms with E-state index in [4.69, 9.17) is 0 Å². The van der Waals surface area contributed by atoms with Gasteiger partial charge in [0.05, 0.1) is 0 Å². The van der Waals surface area contributed by atoms with Crippen LogP contribution < -0.4 is 10.6 Å². The number of nitrogens with zero attached hydrogens (tertiary/aromatic N) is 4. The highest BCUT2D eigenvalue weighted by atomic mass is 32.2. The fraction of sp³-hybridized carbons (Fsp3) is 0.250. The molecule has 2 aromatic heterocycles. The van der Waals surface area contributed by atoms with Gasteiger partial charge in [0.15, 0.2) is 8.68 Å². The number of carbonyl (C=O) groups is 2. The first-order valence-corrected chi connectivity index (χ1v) is 11.8. The van der Waals surface area contributed by atoms with Crippen LogP contribution in [-0.4, -0.2) is 43.7 Å². The first-order chi connectivity index (χ1) is 13.6. The van der Waals surface area contributed by atoms with Gasteiger partial charge >= 0.3 is 0 Å². The highest BCUT2D eigenvalue weighted by molar-refractivity contribution is 8.01. The van der Waals surface area contributed by atoms with Crippen molar-refractivity contribution in [1.82, 2.24) is 20.4 Å². The van der Waals surface area contributed by atoms with Crippen molar-refractivity contribution in [2.24, 2.45) is 0 Å². The van der Waals surface area contributed by atoms with Crippen LogP contribution in [0.1, 0.15) is 34.6 Å². The highest BCUT2D eigenvalue weighted by Gasteiger charge is 2.13. The lowest BCUT2D eigenvalue weighted by molar-refractivity contribution is 0.101. The van der Waals surface area contributed by atoms with E-state index in [-0.39, 0.29) is 11.8 Å². The molecular weight excluding hydrogens is 436 g/mol. The van der Waals surface area contributed by atoms with Crippen molar-refractivity contribution in [2.45, 2.75) is 22.5 Å². The first-order valence-electron chi connectivity index (χ1n) is 8.24. The molecule has 0 radical (unpaired) electrons. The SMILES string of the molecule is CCSc1nnc(NC(=O)c2ccc(C(=O)Nc3nnc(SCC)s3)cc2)s1. The molecule has 0 unspecified atom stereocenters. The molecule has 8 nitrogen and oxygen atoms in total. The molecule has 12 heteroatoms. The summed E-state index contributed by atoms with van der Waals surface area (Å²) in [5, 5.41) is 22.2. The van der Waals surface area contributed by atoms with Crippen LogP contribution >= 0.6 is 46.2 Å². The number of benzene rings is 1. The van der Waals surface area contributed by atoms with Crippen molar-refractivity contribution in [1.29, 1.82) is 0 Å². The Bertz CT molecular complexity index is 879. The molecule has 0 spiro atoms. The molecule has 0 saturated heterocycles. The molecule has 0 atom stereocenters. The van der Waals surface area contributed by atoms with Gasteiger partial charge < -0.3 is 0 Å². The molecule has 0 saturated carbocycles. The predicted molar refractivity (Wildman–Crippen MR) is 115 cm³/mol. The molecule has 2 amide bonds. The predicted octanol–water partition coefficient (Wildman–Crippen LogP) is 4.12. The maximum atomic E-state index is 12.3. The fourth-order valence-electron chi connectivity index (χ4n) is 2.00. The normalized spacial score (nSPS) is 10.6. The Morgan fingerprint density at radius 1 is 0.786 bits per heavy atom. The molecule has 3 aromatic rings. The molecule has 28 heavy (non-hydrogen) atoms. The van der Waals surface area contributed by atoms with Crippen molar-refractivity contribution < 1.29 is 9.59 Å². The molecule has 0 aliphatic heterocycles. The summed E-state index contributed by atoms with van der Waals surface area (Å²) >= 11 is 5.79. The summed E-state index contributed by atoms with van der Waals surface area (Å²) in [7, 11) is 0. The maximum Gasteiger partial charge on any atom is 0.257 e. The molecule has 0 aliphatic rings. The smallest absolute Gasteiger partial charge is 0.257 e. The second-order valence-corrected chi connectivity index (χ2v) is 10.1. The van der Waals surface area contributed by atoms with Crippen molar-refractivity contribution in [3.05, 3.63) is 35.4 Å². The van der Waals surface area contributed by atoms with Crippen LogP contribution in [0.25, 0.3) is 0 Å². The van der Waals surface area contributed by atoms with Gasteiger partial charge in [0.25, 0.3) is 11.8 Å². The molecule has 0 bridgehead atoms. The van der Waals surface area contributed by atoms with Crippen molar-refractivity contribution in [3.8, 4) is 0 Å². The molecule has 2 heterocycles. The second-order valence-electron chi connectivity index (χ2n) is 5.10. The monoisotopic (exact) mass is 452 g/mol. The number of hydrogen-bond donors (Lipinski definition) is 2. The summed E-state index contributed by atoms with van der Waals surface area (Å²) in [5.74, 6) is 1.17. The van der Waals surface area contributed by atoms with Gasteiger partial charge in [-0.05, 0) is 35.8 Å². The van der Waals surface area contributed by atoms with Gasteiger partial charge in [-0.25, -0.2) is 0 Å². The van der Waals surface area contributed by atoms with E-state index in [1.165, 1.54) is 22.7 Å². The molecule has 2 N–H and O–H groups in total. The van der Waals surface area contributed by atoms with E-state index in [2.05, 4.69) is 31.0 Å². The maximum absolute atomic E-state index is 12.3. The topological polar surface area (TPSA) is 110 Å². The Kier molecular flexibility index (Phi) is 7.36. The van der Waals surface area contributed by atoms with Crippen LogP contribution in [0.5, 0.6) is 0 Å². The lowest BCUT2D eigenvalue weighted by Gasteiger charge is -2.04. The molecule has 1 aromatic carbocycles. The largest absolute Gasteiger partial charge is 0.296 e. The van der Waals surface area contributed by atoms with Gasteiger partial charge in [-0.1, -0.05) is 60.0 Å². The summed E-state index contributed by atoms with van der Waals surface area (Å²) in [6, 6.07) is 6.35. The van der Waals surface area contributed by atoms with E-state index in [1.807, 2.05) is 13.8 Å². The third-order valence-corrected chi connectivity index (χ3v) is 6.91. The quantitative estimate of drug-likeness (QED) is 0.388. The number of aromatic nitrogens is 4.